The van der Waals surface area contributed by atoms with Gasteiger partial charge in [-0.2, -0.15) is 0 Å². The molecule has 0 radical (unpaired) electrons. The average molecular weight is 261 g/mol. The minimum absolute atomic E-state index is 0.108. The maximum atomic E-state index is 11.9. The summed E-state index contributed by atoms with van der Waals surface area (Å²) in [4.78, 5) is 17.3. The van der Waals surface area contributed by atoms with Crippen LogP contribution in [0.15, 0.2) is 12.1 Å². The van der Waals surface area contributed by atoms with Crippen molar-refractivity contribution in [1.29, 1.82) is 0 Å². The van der Waals surface area contributed by atoms with Crippen LogP contribution in [0.1, 0.15) is 10.4 Å². The number of rotatable bonds is 2. The van der Waals surface area contributed by atoms with E-state index in [4.69, 9.17) is 28.3 Å². The van der Waals surface area contributed by atoms with Crippen molar-refractivity contribution in [1.82, 2.24) is 9.88 Å². The van der Waals surface area contributed by atoms with Gasteiger partial charge in [0.2, 0.25) is 0 Å². The van der Waals surface area contributed by atoms with E-state index < -0.39 is 0 Å². The Hall–Kier alpha value is -0.840. The SMILES string of the molecule is O=C(c1ccc(Cl)nc1Cl)N1CC(CO)C1. The van der Waals surface area contributed by atoms with Crippen molar-refractivity contribution >= 4 is 29.1 Å². The number of likely N-dealkylation sites (tertiary alicyclic amines) is 1. The standard InChI is InChI=1S/C10H10Cl2N2O2/c11-8-2-1-7(9(12)13-8)10(16)14-3-6(4-14)5-15/h1-2,6,15H,3-5H2. The first-order valence-electron chi connectivity index (χ1n) is 4.84. The maximum absolute atomic E-state index is 11.9. The number of aliphatic hydroxyl groups is 1. The minimum atomic E-state index is -0.168. The Morgan fingerprint density at radius 2 is 2.19 bits per heavy atom. The van der Waals surface area contributed by atoms with Gasteiger partial charge in [-0.25, -0.2) is 4.98 Å². The molecule has 4 nitrogen and oxygen atoms in total. The van der Waals surface area contributed by atoms with Gasteiger partial charge in [0, 0.05) is 25.6 Å². The van der Waals surface area contributed by atoms with Gasteiger partial charge in [0.05, 0.1) is 5.56 Å². The van der Waals surface area contributed by atoms with Crippen LogP contribution in [0.5, 0.6) is 0 Å². The monoisotopic (exact) mass is 260 g/mol. The van der Waals surface area contributed by atoms with Crippen LogP contribution in [0.2, 0.25) is 10.3 Å². The molecule has 0 spiro atoms. The van der Waals surface area contributed by atoms with Crippen LogP contribution in [0, 0.1) is 5.92 Å². The lowest BCUT2D eigenvalue weighted by atomic mass is 10.0. The van der Waals surface area contributed by atoms with Crippen LogP contribution < -0.4 is 0 Å². The first-order chi connectivity index (χ1) is 7.61. The molecule has 0 bridgehead atoms. The van der Waals surface area contributed by atoms with E-state index in [0.717, 1.165) is 0 Å². The predicted molar refractivity (Wildman–Crippen MR) is 60.7 cm³/mol. The third-order valence-electron chi connectivity index (χ3n) is 2.55. The minimum Gasteiger partial charge on any atom is -0.396 e. The lowest BCUT2D eigenvalue weighted by Crippen LogP contribution is -2.51. The summed E-state index contributed by atoms with van der Waals surface area (Å²) >= 11 is 11.5. The molecule has 1 saturated heterocycles. The number of aromatic nitrogens is 1. The molecule has 1 amide bonds. The molecule has 1 aliphatic rings. The Balaban J connectivity index is 2.10. The molecule has 0 aromatic carbocycles. The van der Waals surface area contributed by atoms with Crippen molar-refractivity contribution in [2.24, 2.45) is 5.92 Å². The quantitative estimate of drug-likeness (QED) is 0.820. The van der Waals surface area contributed by atoms with E-state index in [1.165, 1.54) is 6.07 Å². The first-order valence-corrected chi connectivity index (χ1v) is 5.59. The van der Waals surface area contributed by atoms with Crippen molar-refractivity contribution in [3.05, 3.63) is 28.0 Å². The average Bonchev–Trinajstić information content (AvgIpc) is 2.15. The summed E-state index contributed by atoms with van der Waals surface area (Å²) in [6.07, 6.45) is 0. The van der Waals surface area contributed by atoms with Gasteiger partial charge in [0.25, 0.3) is 5.91 Å². The fraction of sp³-hybridized carbons (Fsp3) is 0.400. The van der Waals surface area contributed by atoms with Gasteiger partial charge in [-0.3, -0.25) is 4.79 Å². The Morgan fingerprint density at radius 1 is 1.50 bits per heavy atom. The highest BCUT2D eigenvalue weighted by atomic mass is 35.5. The molecule has 86 valence electrons. The van der Waals surface area contributed by atoms with Crippen LogP contribution in [0.3, 0.4) is 0 Å². The first kappa shape index (κ1) is 11.6. The molecule has 1 aromatic heterocycles. The van der Waals surface area contributed by atoms with E-state index in [2.05, 4.69) is 4.98 Å². The van der Waals surface area contributed by atoms with Gasteiger partial charge in [0.15, 0.2) is 0 Å². The normalized spacial score (nSPS) is 16.1. The third-order valence-corrected chi connectivity index (χ3v) is 3.05. The summed E-state index contributed by atoms with van der Waals surface area (Å²) in [5.41, 5.74) is 0.349. The Morgan fingerprint density at radius 3 is 2.75 bits per heavy atom. The molecule has 6 heteroatoms. The fourth-order valence-electron chi connectivity index (χ4n) is 1.59. The zero-order chi connectivity index (χ0) is 11.7. The molecule has 1 aromatic rings. The highest BCUT2D eigenvalue weighted by Gasteiger charge is 2.31. The van der Waals surface area contributed by atoms with Gasteiger partial charge in [-0.05, 0) is 12.1 Å². The molecule has 0 atom stereocenters. The smallest absolute Gasteiger partial charge is 0.257 e. The van der Waals surface area contributed by atoms with Crippen molar-refractivity contribution in [2.45, 2.75) is 0 Å². The summed E-state index contributed by atoms with van der Waals surface area (Å²) < 4.78 is 0. The molecular weight excluding hydrogens is 251 g/mol. The Labute approximate surface area is 103 Å². The molecule has 2 heterocycles. The molecule has 16 heavy (non-hydrogen) atoms. The van der Waals surface area contributed by atoms with E-state index in [-0.39, 0.29) is 28.7 Å². The molecule has 0 aliphatic carbocycles. The van der Waals surface area contributed by atoms with Crippen LogP contribution in [-0.4, -0.2) is 40.6 Å². The number of amides is 1. The Kier molecular flexibility index (Phi) is 3.33. The van der Waals surface area contributed by atoms with Crippen LogP contribution >= 0.6 is 23.2 Å². The molecule has 1 N–H and O–H groups in total. The number of pyridine rings is 1. The van der Waals surface area contributed by atoms with Crippen molar-refractivity contribution < 1.29 is 9.90 Å². The summed E-state index contributed by atoms with van der Waals surface area (Å²) in [6.45, 7) is 1.24. The van der Waals surface area contributed by atoms with Crippen LogP contribution in [-0.2, 0) is 0 Å². The van der Waals surface area contributed by atoms with E-state index in [0.29, 0.717) is 18.7 Å². The topological polar surface area (TPSA) is 53.4 Å². The molecule has 2 rings (SSSR count). The van der Waals surface area contributed by atoms with Crippen molar-refractivity contribution in [2.75, 3.05) is 19.7 Å². The number of carbonyl (C=O) groups excluding carboxylic acids is 1. The second-order valence-corrected chi connectivity index (χ2v) is 4.48. The zero-order valence-corrected chi connectivity index (χ0v) is 9.87. The number of hydrogen-bond donors (Lipinski definition) is 1. The van der Waals surface area contributed by atoms with Crippen molar-refractivity contribution in [3.8, 4) is 0 Å². The zero-order valence-electron chi connectivity index (χ0n) is 8.36. The molecule has 0 unspecified atom stereocenters. The number of halogens is 2. The van der Waals surface area contributed by atoms with Gasteiger partial charge in [0.1, 0.15) is 10.3 Å². The third kappa shape index (κ3) is 2.14. The lowest BCUT2D eigenvalue weighted by molar-refractivity contribution is 0.0362. The highest BCUT2D eigenvalue weighted by molar-refractivity contribution is 6.34. The molecular formula is C10H10Cl2N2O2. The summed E-state index contributed by atoms with van der Waals surface area (Å²) in [5, 5.41) is 9.23. The van der Waals surface area contributed by atoms with Crippen molar-refractivity contribution in [3.63, 3.8) is 0 Å². The van der Waals surface area contributed by atoms with E-state index in [9.17, 15) is 4.79 Å². The molecule has 1 fully saturated rings. The fourth-order valence-corrected chi connectivity index (χ4v) is 2.02. The number of aliphatic hydroxyl groups excluding tert-OH is 1. The van der Waals surface area contributed by atoms with Gasteiger partial charge < -0.3 is 10.0 Å². The second-order valence-electron chi connectivity index (χ2n) is 3.73. The summed E-state index contributed by atoms with van der Waals surface area (Å²) in [5.74, 6) is 0.0156. The maximum Gasteiger partial charge on any atom is 0.257 e. The lowest BCUT2D eigenvalue weighted by Gasteiger charge is -2.38. The van der Waals surface area contributed by atoms with Crippen LogP contribution in [0.25, 0.3) is 0 Å². The van der Waals surface area contributed by atoms with E-state index in [1.807, 2.05) is 0 Å². The number of carbonyl (C=O) groups is 1. The van der Waals surface area contributed by atoms with Gasteiger partial charge in [-0.15, -0.1) is 0 Å². The van der Waals surface area contributed by atoms with E-state index in [1.54, 1.807) is 11.0 Å². The summed E-state index contributed by atoms with van der Waals surface area (Å²) in [6, 6.07) is 3.09. The number of nitrogens with zero attached hydrogens (tertiary/aromatic N) is 2. The van der Waals surface area contributed by atoms with Gasteiger partial charge in [-0.1, -0.05) is 23.2 Å². The predicted octanol–water partition coefficient (Wildman–Crippen LogP) is 1.45. The molecule has 0 saturated carbocycles. The van der Waals surface area contributed by atoms with Gasteiger partial charge >= 0.3 is 0 Å². The number of hydrogen-bond acceptors (Lipinski definition) is 3. The van der Waals surface area contributed by atoms with Crippen LogP contribution in [0.4, 0.5) is 0 Å². The van der Waals surface area contributed by atoms with E-state index >= 15 is 0 Å². The second kappa shape index (κ2) is 4.57. The largest absolute Gasteiger partial charge is 0.396 e. The Bertz CT molecular complexity index is 419. The summed E-state index contributed by atoms with van der Waals surface area (Å²) in [7, 11) is 0. The molecule has 1 aliphatic heterocycles. The highest BCUT2D eigenvalue weighted by Crippen LogP contribution is 2.22.